The first kappa shape index (κ1) is 38.0. The smallest absolute Gasteiger partial charge is 0.262 e. The van der Waals surface area contributed by atoms with E-state index in [1.54, 1.807) is 12.1 Å². The molecule has 2 unspecified atom stereocenters. The first-order chi connectivity index (χ1) is 27.5. The second-order valence-electron chi connectivity index (χ2n) is 17.6. The van der Waals surface area contributed by atoms with E-state index in [0.717, 1.165) is 101 Å². The number of nitrogens with one attached hydrogen (secondary N) is 1. The summed E-state index contributed by atoms with van der Waals surface area (Å²) in [6.07, 6.45) is 7.93. The van der Waals surface area contributed by atoms with Gasteiger partial charge in [-0.1, -0.05) is 17.7 Å². The number of likely N-dealkylation sites (tertiary alicyclic amines) is 1. The van der Waals surface area contributed by atoms with E-state index in [2.05, 4.69) is 41.6 Å². The van der Waals surface area contributed by atoms with E-state index in [9.17, 15) is 24.0 Å². The summed E-state index contributed by atoms with van der Waals surface area (Å²) in [7, 11) is 0. The summed E-state index contributed by atoms with van der Waals surface area (Å²) in [6, 6.07) is 11.5. The first-order valence-corrected chi connectivity index (χ1v) is 21.2. The molecule has 2 aromatic carbocycles. The Kier molecular flexibility index (Phi) is 10.0. The molecule has 1 N–H and O–H groups in total. The summed E-state index contributed by atoms with van der Waals surface area (Å²) in [4.78, 5) is 80.6. The molecule has 0 radical (unpaired) electrons. The number of benzene rings is 2. The monoisotopic (exact) mass is 794 g/mol. The number of piperazine rings is 1. The van der Waals surface area contributed by atoms with E-state index in [1.807, 2.05) is 24.3 Å². The van der Waals surface area contributed by atoms with E-state index >= 15 is 0 Å². The summed E-state index contributed by atoms with van der Waals surface area (Å²) in [5.41, 5.74) is 3.41. The van der Waals surface area contributed by atoms with Crippen LogP contribution in [-0.4, -0.2) is 132 Å². The standard InChI is InChI=1S/C43H51ClN8O5/c1-27-23-43(26-51(27)31-8-10-36(45-2)35(44)22-31)13-15-47(16-14-43)29-5-3-28(4-6-29)40(55)49-19-17-48(18-20-49)32-24-50(25-32)30-7-9-33-34(21-30)42(57)52(41(33)56)37-11-12-38(53)46-39(37)54/h7-10,21-22,27-29,32,37H,3-6,11-20,23-26H2,1H3,(H,46,53,54). The summed E-state index contributed by atoms with van der Waals surface area (Å²) in [5.74, 6) is -1.53. The number of imide groups is 2. The highest BCUT2D eigenvalue weighted by Crippen LogP contribution is 2.47. The lowest BCUT2D eigenvalue weighted by Crippen LogP contribution is -2.64. The molecule has 1 saturated carbocycles. The van der Waals surface area contributed by atoms with E-state index in [4.69, 9.17) is 18.2 Å². The Labute approximate surface area is 339 Å². The zero-order valence-corrected chi connectivity index (χ0v) is 33.4. The van der Waals surface area contributed by atoms with Crippen molar-refractivity contribution in [2.75, 3.05) is 68.7 Å². The van der Waals surface area contributed by atoms with Crippen LogP contribution in [0.4, 0.5) is 17.1 Å². The van der Waals surface area contributed by atoms with Crippen LogP contribution >= 0.6 is 11.6 Å². The molecule has 57 heavy (non-hydrogen) atoms. The van der Waals surface area contributed by atoms with Crippen LogP contribution in [0.15, 0.2) is 36.4 Å². The Morgan fingerprint density at radius 2 is 1.51 bits per heavy atom. The number of rotatable bonds is 6. The van der Waals surface area contributed by atoms with Gasteiger partial charge >= 0.3 is 0 Å². The highest BCUT2D eigenvalue weighted by Gasteiger charge is 2.47. The second kappa shape index (κ2) is 15.0. The molecule has 5 saturated heterocycles. The SMILES string of the molecule is [C-]#[N+]c1ccc(N2CC3(CCN(C4CCC(C(=O)N5CCN(C6CN(c7ccc8c(c7)C(=O)N(C7CCC(=O)NC7=O)C8=O)C6)CC5)CC4)CC3)CC2C)cc1Cl. The van der Waals surface area contributed by atoms with Crippen LogP contribution in [0.5, 0.6) is 0 Å². The summed E-state index contributed by atoms with van der Waals surface area (Å²) in [5, 5.41) is 2.77. The van der Waals surface area contributed by atoms with E-state index in [0.29, 0.717) is 51.3 Å². The highest BCUT2D eigenvalue weighted by atomic mass is 35.5. The molecule has 6 aliphatic heterocycles. The molecule has 2 atom stereocenters. The van der Waals surface area contributed by atoms with Gasteiger partial charge in [-0.2, -0.15) is 0 Å². The van der Waals surface area contributed by atoms with Gasteiger partial charge in [-0.25, -0.2) is 4.85 Å². The summed E-state index contributed by atoms with van der Waals surface area (Å²) < 4.78 is 0. The lowest BCUT2D eigenvalue weighted by molar-refractivity contribution is -0.139. The van der Waals surface area contributed by atoms with Crippen LogP contribution < -0.4 is 15.1 Å². The third kappa shape index (κ3) is 6.97. The zero-order valence-electron chi connectivity index (χ0n) is 32.6. The third-order valence-electron chi connectivity index (χ3n) is 14.4. The molecule has 5 amide bonds. The third-order valence-corrected chi connectivity index (χ3v) is 14.7. The van der Waals surface area contributed by atoms with Crippen molar-refractivity contribution >= 4 is 58.2 Å². The van der Waals surface area contributed by atoms with Crippen molar-refractivity contribution in [3.05, 3.63) is 64.0 Å². The number of anilines is 2. The van der Waals surface area contributed by atoms with Crippen LogP contribution in [0, 0.1) is 17.9 Å². The van der Waals surface area contributed by atoms with Crippen molar-refractivity contribution in [2.24, 2.45) is 11.3 Å². The molecule has 6 fully saturated rings. The van der Waals surface area contributed by atoms with Crippen molar-refractivity contribution in [3.63, 3.8) is 0 Å². The zero-order chi connectivity index (χ0) is 39.6. The molecular formula is C43H51ClN8O5. The molecule has 1 spiro atoms. The van der Waals surface area contributed by atoms with Gasteiger partial charge in [-0.05, 0) is 107 Å². The Balaban J connectivity index is 0.706. The molecule has 14 heteroatoms. The average molecular weight is 795 g/mol. The fourth-order valence-corrected chi connectivity index (χ4v) is 11.2. The minimum Gasteiger partial charge on any atom is -0.368 e. The first-order valence-electron chi connectivity index (χ1n) is 20.8. The fourth-order valence-electron chi connectivity index (χ4n) is 11.0. The number of halogens is 1. The van der Waals surface area contributed by atoms with E-state index < -0.39 is 29.7 Å². The Morgan fingerprint density at radius 3 is 2.19 bits per heavy atom. The van der Waals surface area contributed by atoms with Gasteiger partial charge in [0.2, 0.25) is 23.4 Å². The molecular weight excluding hydrogens is 744 g/mol. The van der Waals surface area contributed by atoms with Gasteiger partial charge in [-0.15, -0.1) is 0 Å². The predicted molar refractivity (Wildman–Crippen MR) is 215 cm³/mol. The number of piperidine rings is 2. The average Bonchev–Trinajstić information content (AvgIpc) is 3.65. The lowest BCUT2D eigenvalue weighted by Gasteiger charge is -2.49. The van der Waals surface area contributed by atoms with Gasteiger partial charge in [-0.3, -0.25) is 39.1 Å². The maximum Gasteiger partial charge on any atom is 0.262 e. The highest BCUT2D eigenvalue weighted by molar-refractivity contribution is 6.33. The molecule has 7 aliphatic rings. The van der Waals surface area contributed by atoms with Gasteiger partial charge < -0.3 is 19.6 Å². The normalized spacial score (nSPS) is 28.4. The van der Waals surface area contributed by atoms with Gasteiger partial charge in [0.15, 0.2) is 0 Å². The largest absolute Gasteiger partial charge is 0.368 e. The van der Waals surface area contributed by atoms with Gasteiger partial charge in [0.05, 0.1) is 17.7 Å². The number of hydrogen-bond donors (Lipinski definition) is 1. The van der Waals surface area contributed by atoms with Crippen molar-refractivity contribution in [1.82, 2.24) is 24.9 Å². The van der Waals surface area contributed by atoms with Crippen LogP contribution in [0.25, 0.3) is 4.85 Å². The number of hydrogen-bond acceptors (Lipinski definition) is 9. The predicted octanol–water partition coefficient (Wildman–Crippen LogP) is 4.56. The molecule has 0 bridgehead atoms. The Bertz CT molecular complexity index is 2020. The summed E-state index contributed by atoms with van der Waals surface area (Å²) in [6.45, 7) is 17.7. The van der Waals surface area contributed by atoms with E-state index in [-0.39, 0.29) is 18.8 Å². The second-order valence-corrected chi connectivity index (χ2v) is 18.0. The van der Waals surface area contributed by atoms with Crippen LogP contribution in [0.2, 0.25) is 5.02 Å². The Morgan fingerprint density at radius 1 is 0.825 bits per heavy atom. The number of carbonyl (C=O) groups is 5. The molecule has 300 valence electrons. The van der Waals surface area contributed by atoms with Gasteiger partial charge in [0.25, 0.3) is 11.8 Å². The molecule has 9 rings (SSSR count). The van der Waals surface area contributed by atoms with Crippen LogP contribution in [0.3, 0.4) is 0 Å². The van der Waals surface area contributed by atoms with Gasteiger partial charge in [0, 0.05) is 92.7 Å². The van der Waals surface area contributed by atoms with Crippen molar-refractivity contribution < 1.29 is 24.0 Å². The Hall–Kier alpha value is -4.51. The van der Waals surface area contributed by atoms with Crippen molar-refractivity contribution in [2.45, 2.75) is 88.9 Å². The minimum atomic E-state index is -0.973. The van der Waals surface area contributed by atoms with Crippen molar-refractivity contribution in [3.8, 4) is 0 Å². The summed E-state index contributed by atoms with van der Waals surface area (Å²) >= 11 is 6.40. The van der Waals surface area contributed by atoms with E-state index in [1.165, 1.54) is 19.3 Å². The number of fused-ring (bicyclic) bond motifs is 1. The lowest BCUT2D eigenvalue weighted by atomic mass is 9.75. The molecule has 0 aromatic heterocycles. The minimum absolute atomic E-state index is 0.0926. The fraction of sp³-hybridized carbons (Fsp3) is 0.581. The maximum absolute atomic E-state index is 13.7. The maximum atomic E-state index is 13.7. The topological polar surface area (TPSA) is 121 Å². The van der Waals surface area contributed by atoms with Crippen LogP contribution in [0.1, 0.15) is 85.4 Å². The molecule has 13 nitrogen and oxygen atoms in total. The number of amides is 5. The molecule has 1 aliphatic carbocycles. The van der Waals surface area contributed by atoms with Gasteiger partial charge in [0.1, 0.15) is 6.04 Å². The molecule has 2 aromatic rings. The van der Waals surface area contributed by atoms with Crippen LogP contribution in [-0.2, 0) is 14.4 Å². The quantitative estimate of drug-likeness (QED) is 0.332. The number of carbonyl (C=O) groups excluding carboxylic acids is 5. The molecule has 6 heterocycles. The number of nitrogens with zero attached hydrogens (tertiary/aromatic N) is 7. The van der Waals surface area contributed by atoms with Crippen molar-refractivity contribution in [1.29, 1.82) is 0 Å².